The molecule has 2 aliphatic heterocycles. The maximum Gasteiger partial charge on any atom is 0.126 e. The van der Waals surface area contributed by atoms with Gasteiger partial charge in [-0.2, -0.15) is 0 Å². The summed E-state index contributed by atoms with van der Waals surface area (Å²) >= 11 is 1.95. The summed E-state index contributed by atoms with van der Waals surface area (Å²) in [6.45, 7) is 4.31. The zero-order valence-corrected chi connectivity index (χ0v) is 19.8. The van der Waals surface area contributed by atoms with Crippen molar-refractivity contribution < 1.29 is 9.84 Å². The molecule has 1 fully saturated rings. The highest BCUT2D eigenvalue weighted by Crippen LogP contribution is 2.47. The number of thioether (sulfide) groups is 1. The summed E-state index contributed by atoms with van der Waals surface area (Å²) in [5.74, 6) is 2.63. The van der Waals surface area contributed by atoms with Gasteiger partial charge in [0.15, 0.2) is 0 Å². The van der Waals surface area contributed by atoms with Crippen molar-refractivity contribution in [2.24, 2.45) is 0 Å². The normalized spacial score (nSPS) is 20.2. The number of hydrogen-bond donors (Lipinski definition) is 1. The van der Waals surface area contributed by atoms with Crippen LogP contribution in [0.5, 0.6) is 11.5 Å². The number of phenolic OH excluding ortho intramolecular Hbond substituents is 1. The van der Waals surface area contributed by atoms with Gasteiger partial charge in [0.1, 0.15) is 11.5 Å². The molecule has 0 aromatic heterocycles. The van der Waals surface area contributed by atoms with Crippen LogP contribution in [0.2, 0.25) is 0 Å². The Bertz CT molecular complexity index is 1010. The van der Waals surface area contributed by atoms with Gasteiger partial charge in [-0.3, -0.25) is 0 Å². The van der Waals surface area contributed by atoms with Gasteiger partial charge in [0.25, 0.3) is 0 Å². The lowest BCUT2D eigenvalue weighted by molar-refractivity contribution is 0.248. The van der Waals surface area contributed by atoms with Crippen LogP contribution in [-0.2, 0) is 0 Å². The van der Waals surface area contributed by atoms with Crippen molar-refractivity contribution in [2.45, 2.75) is 29.6 Å². The smallest absolute Gasteiger partial charge is 0.126 e. The van der Waals surface area contributed by atoms with E-state index in [0.29, 0.717) is 6.61 Å². The summed E-state index contributed by atoms with van der Waals surface area (Å²) in [6, 6.07) is 25.2. The number of nitrogens with zero attached hydrogens (tertiary/aromatic N) is 1. The molecule has 0 unspecified atom stereocenters. The Kier molecular flexibility index (Phi) is 7.67. The molecular weight excluding hydrogens is 438 g/mol. The van der Waals surface area contributed by atoms with E-state index in [2.05, 4.69) is 59.5 Å². The molecule has 0 radical (unpaired) electrons. The molecule has 3 aromatic carbocycles. The molecule has 1 saturated heterocycles. The summed E-state index contributed by atoms with van der Waals surface area (Å²) in [7, 11) is 0. The monoisotopic (exact) mass is 467 g/mol. The predicted octanol–water partition coefficient (Wildman–Crippen LogP) is 6.31. The van der Waals surface area contributed by atoms with Crippen LogP contribution in [-0.4, -0.2) is 42.0 Å². The van der Waals surface area contributed by atoms with Crippen molar-refractivity contribution in [1.29, 1.82) is 0 Å². The zero-order valence-electron chi connectivity index (χ0n) is 18.2. The van der Waals surface area contributed by atoms with Gasteiger partial charge in [-0.25, -0.2) is 0 Å². The van der Waals surface area contributed by atoms with E-state index in [0.717, 1.165) is 17.1 Å². The van der Waals surface area contributed by atoms with Gasteiger partial charge in [0, 0.05) is 40.7 Å². The van der Waals surface area contributed by atoms with E-state index in [4.69, 9.17) is 4.74 Å². The maximum atomic E-state index is 9.94. The van der Waals surface area contributed by atoms with Crippen molar-refractivity contribution in [2.75, 3.05) is 32.0 Å². The third-order valence-corrected chi connectivity index (χ3v) is 7.49. The number of rotatable bonds is 6. The molecule has 0 aliphatic carbocycles. The molecule has 0 amide bonds. The van der Waals surface area contributed by atoms with Crippen molar-refractivity contribution in [3.05, 3.63) is 89.5 Å². The molecular formula is C27H30ClNO2S. The minimum atomic E-state index is 0. The van der Waals surface area contributed by atoms with E-state index in [1.54, 1.807) is 12.1 Å². The minimum absolute atomic E-state index is 0. The number of hydrogen-bond acceptors (Lipinski definition) is 4. The molecule has 1 N–H and O–H groups in total. The highest BCUT2D eigenvalue weighted by atomic mass is 35.5. The lowest BCUT2D eigenvalue weighted by atomic mass is 9.76. The molecule has 5 rings (SSSR count). The lowest BCUT2D eigenvalue weighted by Crippen LogP contribution is -2.25. The van der Waals surface area contributed by atoms with E-state index in [9.17, 15) is 5.11 Å². The number of fused-ring (bicyclic) bond motifs is 1. The van der Waals surface area contributed by atoms with Crippen LogP contribution in [0.3, 0.4) is 0 Å². The number of halogens is 1. The van der Waals surface area contributed by atoms with Gasteiger partial charge in [-0.15, -0.1) is 24.2 Å². The van der Waals surface area contributed by atoms with Crippen LogP contribution in [0, 0.1) is 0 Å². The Morgan fingerprint density at radius 2 is 1.66 bits per heavy atom. The van der Waals surface area contributed by atoms with Crippen LogP contribution in [0.1, 0.15) is 41.4 Å². The Hall–Kier alpha value is -2.14. The SMILES string of the molecule is Cl.Oc1ccc2c(c1)OC[C@H](c1ccccc1)[C@@H]2c1ccc(SCCN2CCCC2)cc1. The number of phenols is 1. The van der Waals surface area contributed by atoms with Gasteiger partial charge >= 0.3 is 0 Å². The molecule has 0 spiro atoms. The molecule has 2 heterocycles. The average molecular weight is 468 g/mol. The zero-order chi connectivity index (χ0) is 21.0. The first-order valence-corrected chi connectivity index (χ1v) is 12.2. The number of aromatic hydroxyl groups is 1. The average Bonchev–Trinajstić information content (AvgIpc) is 3.33. The van der Waals surface area contributed by atoms with Gasteiger partial charge in [0.05, 0.1) is 6.61 Å². The largest absolute Gasteiger partial charge is 0.508 e. The Morgan fingerprint density at radius 1 is 0.906 bits per heavy atom. The van der Waals surface area contributed by atoms with Gasteiger partial charge in [0.2, 0.25) is 0 Å². The van der Waals surface area contributed by atoms with Crippen molar-refractivity contribution in [3.63, 3.8) is 0 Å². The molecule has 32 heavy (non-hydrogen) atoms. The molecule has 3 aromatic rings. The lowest BCUT2D eigenvalue weighted by Gasteiger charge is -2.34. The fraction of sp³-hybridized carbons (Fsp3) is 0.333. The first-order chi connectivity index (χ1) is 15.3. The topological polar surface area (TPSA) is 32.7 Å². The number of ether oxygens (including phenoxy) is 1. The molecule has 5 heteroatoms. The fourth-order valence-corrected chi connectivity index (χ4v) is 5.78. The van der Waals surface area contributed by atoms with Crippen LogP contribution in [0.25, 0.3) is 0 Å². The number of benzene rings is 3. The molecule has 3 nitrogen and oxygen atoms in total. The first-order valence-electron chi connectivity index (χ1n) is 11.2. The minimum Gasteiger partial charge on any atom is -0.508 e. The van der Waals surface area contributed by atoms with Gasteiger partial charge in [-0.1, -0.05) is 48.5 Å². The fourth-order valence-electron chi connectivity index (χ4n) is 4.87. The molecule has 2 atom stereocenters. The van der Waals surface area contributed by atoms with Crippen molar-refractivity contribution in [1.82, 2.24) is 4.90 Å². The summed E-state index contributed by atoms with van der Waals surface area (Å²) in [4.78, 5) is 3.90. The Labute approximate surface area is 201 Å². The second-order valence-corrected chi connectivity index (χ2v) is 9.66. The molecule has 0 bridgehead atoms. The van der Waals surface area contributed by atoms with Gasteiger partial charge in [-0.05, 0) is 55.3 Å². The second kappa shape index (κ2) is 10.7. The summed E-state index contributed by atoms with van der Waals surface area (Å²) in [6.07, 6.45) is 2.71. The molecule has 0 saturated carbocycles. The number of likely N-dealkylation sites (tertiary alicyclic amines) is 1. The van der Waals surface area contributed by atoms with E-state index < -0.39 is 0 Å². The summed E-state index contributed by atoms with van der Waals surface area (Å²) in [5, 5.41) is 9.94. The van der Waals surface area contributed by atoms with Gasteiger partial charge < -0.3 is 14.7 Å². The third kappa shape index (κ3) is 5.09. The predicted molar refractivity (Wildman–Crippen MR) is 135 cm³/mol. The summed E-state index contributed by atoms with van der Waals surface area (Å²) < 4.78 is 6.08. The Balaban J connectivity index is 0.00000245. The van der Waals surface area contributed by atoms with E-state index in [1.807, 2.05) is 17.8 Å². The molecule has 168 valence electrons. The third-order valence-electron chi connectivity index (χ3n) is 6.49. The van der Waals surface area contributed by atoms with Crippen LogP contribution in [0.4, 0.5) is 0 Å². The van der Waals surface area contributed by atoms with Crippen molar-refractivity contribution >= 4 is 24.2 Å². The first kappa shape index (κ1) is 23.0. The quantitative estimate of drug-likeness (QED) is 0.430. The van der Waals surface area contributed by atoms with Crippen LogP contribution >= 0.6 is 24.2 Å². The van der Waals surface area contributed by atoms with Crippen molar-refractivity contribution in [3.8, 4) is 11.5 Å². The van der Waals surface area contributed by atoms with E-state index >= 15 is 0 Å². The van der Waals surface area contributed by atoms with E-state index in [1.165, 1.54) is 48.5 Å². The van der Waals surface area contributed by atoms with Crippen LogP contribution < -0.4 is 4.74 Å². The van der Waals surface area contributed by atoms with Crippen LogP contribution in [0.15, 0.2) is 77.7 Å². The second-order valence-electron chi connectivity index (χ2n) is 8.49. The standard InChI is InChI=1S/C27H29NO2S.ClH/c29-22-10-13-24-26(18-22)30-19-25(20-6-2-1-3-7-20)27(24)21-8-11-23(12-9-21)31-17-16-28-14-4-5-15-28;/h1-3,6-13,18,25,27,29H,4-5,14-17,19H2;1H/t25-,27-;/m1./s1. The Morgan fingerprint density at radius 3 is 2.41 bits per heavy atom. The highest BCUT2D eigenvalue weighted by Gasteiger charge is 2.33. The van der Waals surface area contributed by atoms with E-state index in [-0.39, 0.29) is 30.0 Å². The maximum absolute atomic E-state index is 9.94. The highest BCUT2D eigenvalue weighted by molar-refractivity contribution is 7.99. The molecule has 2 aliphatic rings. The summed E-state index contributed by atoms with van der Waals surface area (Å²) in [5.41, 5.74) is 3.73.